The molecule has 0 N–H and O–H groups in total. The molecule has 0 aliphatic carbocycles. The predicted octanol–water partition coefficient (Wildman–Crippen LogP) is 3.13. The summed E-state index contributed by atoms with van der Waals surface area (Å²) < 4.78 is 2.37. The minimum atomic E-state index is -0.413. The second-order valence-electron chi connectivity index (χ2n) is 5.46. The van der Waals surface area contributed by atoms with Crippen molar-refractivity contribution in [3.63, 3.8) is 0 Å². The third kappa shape index (κ3) is 2.57. The zero-order valence-electron chi connectivity index (χ0n) is 12.0. The Hall–Kier alpha value is -1.09. The molecule has 0 fully saturated rings. The van der Waals surface area contributed by atoms with Gasteiger partial charge in [0, 0.05) is 0 Å². The Kier molecular flexibility index (Phi) is 3.95. The molecule has 108 valence electrons. The summed E-state index contributed by atoms with van der Waals surface area (Å²) in [6, 6.07) is 16.6. The molecule has 0 spiro atoms. The van der Waals surface area contributed by atoms with Crippen molar-refractivity contribution in [2.75, 3.05) is 11.9 Å². The summed E-state index contributed by atoms with van der Waals surface area (Å²) in [6.07, 6.45) is 0. The maximum atomic E-state index is 12.7. The van der Waals surface area contributed by atoms with Crippen molar-refractivity contribution in [2.45, 2.75) is 17.7 Å². The van der Waals surface area contributed by atoms with Crippen LogP contribution < -0.4 is 9.36 Å². The second-order valence-corrected chi connectivity index (χ2v) is 8.58. The van der Waals surface area contributed by atoms with Crippen LogP contribution in [0.5, 0.6) is 0 Å². The fraction of sp³-hybridized carbons (Fsp3) is 0.235. The Bertz CT molecular complexity index is 688. The number of fused-ring (bicyclic) bond motifs is 1. The zero-order valence-corrected chi connectivity index (χ0v) is 15.3. The summed E-state index contributed by atoms with van der Waals surface area (Å²) in [5.74, 6) is 0.202. The van der Waals surface area contributed by atoms with Crippen LogP contribution in [-0.2, 0) is 10.2 Å². The summed E-state index contributed by atoms with van der Waals surface area (Å²) in [5.41, 5.74) is 1.76. The summed E-state index contributed by atoms with van der Waals surface area (Å²) >= 11 is 3.82. The van der Waals surface area contributed by atoms with E-state index >= 15 is 0 Å². The number of benzene rings is 2. The van der Waals surface area contributed by atoms with E-state index < -0.39 is 5.41 Å². The van der Waals surface area contributed by atoms with Crippen LogP contribution in [0.1, 0.15) is 12.5 Å². The van der Waals surface area contributed by atoms with Crippen LogP contribution in [0.25, 0.3) is 0 Å². The van der Waals surface area contributed by atoms with E-state index in [1.54, 1.807) is 4.90 Å². The molecule has 3 rings (SSSR count). The molecule has 1 atom stereocenters. The van der Waals surface area contributed by atoms with Gasteiger partial charge in [0.15, 0.2) is 0 Å². The second kappa shape index (κ2) is 5.60. The molecular weight excluding hydrogens is 393 g/mol. The summed E-state index contributed by atoms with van der Waals surface area (Å²) in [5, 5.41) is 0.886. The molecule has 0 radical (unpaired) electrons. The minimum absolute atomic E-state index is 0.202. The first-order valence-electron chi connectivity index (χ1n) is 6.78. The molecule has 21 heavy (non-hydrogen) atoms. The van der Waals surface area contributed by atoms with E-state index in [1.165, 1.54) is 4.46 Å². The van der Waals surface area contributed by atoms with Gasteiger partial charge in [0.25, 0.3) is 0 Å². The van der Waals surface area contributed by atoms with Gasteiger partial charge in [-0.25, -0.2) is 0 Å². The average molecular weight is 409 g/mol. The van der Waals surface area contributed by atoms with Crippen molar-refractivity contribution in [1.29, 1.82) is 0 Å². The molecule has 4 heteroatoms. The maximum absolute atomic E-state index is 12.7. The summed E-state index contributed by atoms with van der Waals surface area (Å²) in [4.78, 5) is 14.5. The Labute approximate surface area is 139 Å². The van der Waals surface area contributed by atoms with Gasteiger partial charge in [-0.2, -0.15) is 0 Å². The molecule has 2 aromatic carbocycles. The third-order valence-corrected chi connectivity index (χ3v) is 7.24. The van der Waals surface area contributed by atoms with Gasteiger partial charge in [0.05, 0.1) is 0 Å². The van der Waals surface area contributed by atoms with E-state index in [2.05, 4.69) is 53.2 Å². The van der Waals surface area contributed by atoms with Gasteiger partial charge in [-0.05, 0) is 0 Å². The first-order chi connectivity index (χ1) is 10.0. The van der Waals surface area contributed by atoms with Crippen LogP contribution >= 0.6 is 15.9 Å². The number of nitrogens with zero attached hydrogens (tertiary/aromatic N) is 1. The Morgan fingerprint density at radius 1 is 1.19 bits per heavy atom. The van der Waals surface area contributed by atoms with Gasteiger partial charge in [-0.1, -0.05) is 0 Å². The number of likely N-dealkylation sites (N-methyl/N-ethyl adjacent to an activating group) is 1. The van der Waals surface area contributed by atoms with Crippen LogP contribution in [0.2, 0.25) is 5.32 Å². The van der Waals surface area contributed by atoms with Gasteiger partial charge in [-0.15, -0.1) is 0 Å². The number of halogens is 1. The Morgan fingerprint density at radius 2 is 1.90 bits per heavy atom. The molecule has 1 aliphatic rings. The first kappa shape index (κ1) is 14.8. The quantitative estimate of drug-likeness (QED) is 0.714. The molecule has 2 nitrogen and oxygen atoms in total. The zero-order chi connectivity index (χ0) is 15.0. The number of hydrogen-bond acceptors (Lipinski definition) is 1. The van der Waals surface area contributed by atoms with E-state index in [0.717, 1.165) is 21.0 Å². The third-order valence-electron chi connectivity index (χ3n) is 3.96. The normalized spacial score (nSPS) is 20.7. The van der Waals surface area contributed by atoms with Crippen LogP contribution in [0.4, 0.5) is 5.69 Å². The molecule has 0 saturated heterocycles. The first-order valence-corrected chi connectivity index (χ1v) is 9.64. The molecule has 2 aromatic rings. The van der Waals surface area contributed by atoms with Gasteiger partial charge >= 0.3 is 140 Å². The Balaban J connectivity index is 1.93. The number of amides is 1. The van der Waals surface area contributed by atoms with Crippen molar-refractivity contribution < 1.29 is 4.79 Å². The summed E-state index contributed by atoms with van der Waals surface area (Å²) in [6.45, 7) is 2.08. The number of rotatable bonds is 3. The van der Waals surface area contributed by atoms with Crippen LogP contribution in [0.15, 0.2) is 53.0 Å². The van der Waals surface area contributed by atoms with E-state index in [-0.39, 0.29) is 20.9 Å². The number of carbonyl (C=O) groups is 1. The fourth-order valence-corrected chi connectivity index (χ4v) is 5.36. The molecule has 0 aromatic heterocycles. The SMILES string of the molecule is CN1C(=O)[C@@](C)(C[Se]c2ccccc2)c2cc(Br)ccc21. The molecular formula is C17H16BrNOSe. The molecule has 1 aliphatic heterocycles. The fourth-order valence-electron chi connectivity index (χ4n) is 2.72. The molecule has 0 saturated carbocycles. The average Bonchev–Trinajstić information content (AvgIpc) is 2.69. The van der Waals surface area contributed by atoms with Crippen molar-refractivity contribution >= 4 is 46.9 Å². The molecule has 1 heterocycles. The molecule has 0 unspecified atom stereocenters. The van der Waals surface area contributed by atoms with Gasteiger partial charge in [-0.3, -0.25) is 0 Å². The van der Waals surface area contributed by atoms with Crippen LogP contribution in [-0.4, -0.2) is 27.9 Å². The van der Waals surface area contributed by atoms with Gasteiger partial charge in [0.1, 0.15) is 0 Å². The molecule has 1 amide bonds. The van der Waals surface area contributed by atoms with Crippen LogP contribution in [0.3, 0.4) is 0 Å². The summed E-state index contributed by atoms with van der Waals surface area (Å²) in [7, 11) is 1.87. The monoisotopic (exact) mass is 409 g/mol. The Morgan fingerprint density at radius 3 is 2.62 bits per heavy atom. The van der Waals surface area contributed by atoms with E-state index in [1.807, 2.05) is 25.2 Å². The van der Waals surface area contributed by atoms with E-state index in [4.69, 9.17) is 0 Å². The van der Waals surface area contributed by atoms with E-state index in [0.29, 0.717) is 0 Å². The van der Waals surface area contributed by atoms with Crippen molar-refractivity contribution in [1.82, 2.24) is 0 Å². The predicted molar refractivity (Wildman–Crippen MR) is 91.5 cm³/mol. The number of anilines is 1. The van der Waals surface area contributed by atoms with Crippen molar-refractivity contribution in [2.24, 2.45) is 0 Å². The van der Waals surface area contributed by atoms with E-state index in [9.17, 15) is 4.79 Å². The number of carbonyl (C=O) groups excluding carboxylic acids is 1. The molecule has 0 bridgehead atoms. The van der Waals surface area contributed by atoms with Gasteiger partial charge in [0.2, 0.25) is 0 Å². The topological polar surface area (TPSA) is 20.3 Å². The van der Waals surface area contributed by atoms with Crippen molar-refractivity contribution in [3.05, 3.63) is 58.6 Å². The van der Waals surface area contributed by atoms with Crippen molar-refractivity contribution in [3.8, 4) is 0 Å². The number of hydrogen-bond donors (Lipinski definition) is 0. The van der Waals surface area contributed by atoms with Crippen LogP contribution in [0, 0.1) is 0 Å². The van der Waals surface area contributed by atoms with Gasteiger partial charge < -0.3 is 0 Å². The standard InChI is InChI=1S/C17H16BrNOSe/c1-17(11-21-13-6-4-3-5-7-13)14-10-12(18)8-9-15(14)19(2)16(17)20/h3-10H,11H2,1-2H3/t17-/m0/s1.